The molecule has 2 aromatic rings. The summed E-state index contributed by atoms with van der Waals surface area (Å²) in [6.07, 6.45) is 0. The number of benzene rings is 2. The molecule has 3 rings (SSSR count). The number of carbonyl (C=O) groups excluding carboxylic acids is 3. The molecular weight excluding hydrogens is 372 g/mol. The van der Waals surface area contributed by atoms with Crippen LogP contribution in [-0.4, -0.2) is 24.1 Å². The van der Waals surface area contributed by atoms with Gasteiger partial charge in [-0.05, 0) is 49.2 Å². The predicted molar refractivity (Wildman–Crippen MR) is 95.4 cm³/mol. The summed E-state index contributed by atoms with van der Waals surface area (Å²) in [5.74, 6) is -1.62. The van der Waals surface area contributed by atoms with Crippen LogP contribution in [-0.2, 0) is 9.59 Å². The fraction of sp³-hybridized carbons (Fsp3) is 0.167. The van der Waals surface area contributed by atoms with Gasteiger partial charge < -0.3 is 5.32 Å². The van der Waals surface area contributed by atoms with Crippen LogP contribution in [0.3, 0.4) is 0 Å². The van der Waals surface area contributed by atoms with E-state index in [0.717, 1.165) is 11.1 Å². The normalized spacial score (nSPS) is 13.2. The Morgan fingerprint density at radius 3 is 2.62 bits per heavy atom. The molecule has 1 heterocycles. The molecule has 0 spiro atoms. The molecular formula is C18H15BrN2O3. The standard InChI is InChI=1S/C18H15BrN2O3/c1-10-3-4-11(2)14(7-10)20-16(22)9-21-15-6-5-12(19)8-13(15)17(23)18(21)24/h3-8H,9H2,1-2H3,(H,20,22). The Balaban J connectivity index is 1.81. The number of aryl methyl sites for hydroxylation is 2. The lowest BCUT2D eigenvalue weighted by Gasteiger charge is -2.17. The van der Waals surface area contributed by atoms with Crippen LogP contribution in [0.15, 0.2) is 40.9 Å². The van der Waals surface area contributed by atoms with Crippen molar-refractivity contribution >= 4 is 44.9 Å². The number of nitrogens with one attached hydrogen (secondary N) is 1. The lowest BCUT2D eigenvalue weighted by atomic mass is 10.1. The van der Waals surface area contributed by atoms with E-state index in [4.69, 9.17) is 0 Å². The molecule has 0 aliphatic carbocycles. The summed E-state index contributed by atoms with van der Waals surface area (Å²) in [6, 6.07) is 10.7. The third kappa shape index (κ3) is 2.97. The van der Waals surface area contributed by atoms with Gasteiger partial charge in [0.1, 0.15) is 6.54 Å². The number of amides is 2. The molecule has 0 saturated heterocycles. The molecule has 0 saturated carbocycles. The molecule has 122 valence electrons. The molecule has 0 atom stereocenters. The van der Waals surface area contributed by atoms with E-state index < -0.39 is 11.7 Å². The van der Waals surface area contributed by atoms with Crippen molar-refractivity contribution < 1.29 is 14.4 Å². The maximum Gasteiger partial charge on any atom is 0.299 e. The minimum Gasteiger partial charge on any atom is -0.324 e. The Morgan fingerprint density at radius 1 is 1.12 bits per heavy atom. The molecule has 1 aliphatic rings. The molecule has 0 fully saturated rings. The first-order valence-corrected chi connectivity index (χ1v) is 8.19. The van der Waals surface area contributed by atoms with Crippen LogP contribution in [0.1, 0.15) is 21.5 Å². The van der Waals surface area contributed by atoms with Crippen LogP contribution in [0.25, 0.3) is 0 Å². The van der Waals surface area contributed by atoms with Crippen molar-refractivity contribution in [2.24, 2.45) is 0 Å². The minimum atomic E-state index is -0.681. The third-order valence-corrected chi connectivity index (χ3v) is 4.40. The van der Waals surface area contributed by atoms with Gasteiger partial charge in [0.2, 0.25) is 5.91 Å². The Bertz CT molecular complexity index is 877. The van der Waals surface area contributed by atoms with E-state index in [9.17, 15) is 14.4 Å². The van der Waals surface area contributed by atoms with E-state index in [1.54, 1.807) is 18.2 Å². The molecule has 0 unspecified atom stereocenters. The number of hydrogen-bond acceptors (Lipinski definition) is 3. The summed E-state index contributed by atoms with van der Waals surface area (Å²) in [5, 5.41) is 2.80. The SMILES string of the molecule is Cc1ccc(C)c(NC(=O)CN2C(=O)C(=O)c3cc(Br)ccc32)c1. The van der Waals surface area contributed by atoms with Gasteiger partial charge in [0.15, 0.2) is 0 Å². The molecule has 0 aromatic heterocycles. The van der Waals surface area contributed by atoms with Crippen molar-refractivity contribution in [3.8, 4) is 0 Å². The number of rotatable bonds is 3. The highest BCUT2D eigenvalue weighted by atomic mass is 79.9. The van der Waals surface area contributed by atoms with Crippen LogP contribution < -0.4 is 10.2 Å². The summed E-state index contributed by atoms with van der Waals surface area (Å²) in [5.41, 5.74) is 3.44. The molecule has 1 aliphatic heterocycles. The van der Waals surface area contributed by atoms with Crippen molar-refractivity contribution in [3.63, 3.8) is 0 Å². The van der Waals surface area contributed by atoms with E-state index in [-0.39, 0.29) is 12.5 Å². The van der Waals surface area contributed by atoms with Crippen molar-refractivity contribution in [3.05, 3.63) is 57.6 Å². The van der Waals surface area contributed by atoms with Crippen LogP contribution in [0.4, 0.5) is 11.4 Å². The maximum atomic E-state index is 12.3. The first-order chi connectivity index (χ1) is 11.4. The van der Waals surface area contributed by atoms with Gasteiger partial charge in [-0.15, -0.1) is 0 Å². The minimum absolute atomic E-state index is 0.202. The van der Waals surface area contributed by atoms with Gasteiger partial charge in [0.05, 0.1) is 11.3 Å². The largest absolute Gasteiger partial charge is 0.324 e. The summed E-state index contributed by atoms with van der Waals surface area (Å²) in [4.78, 5) is 37.8. The first-order valence-electron chi connectivity index (χ1n) is 7.39. The van der Waals surface area contributed by atoms with Gasteiger partial charge in [-0.25, -0.2) is 0 Å². The first kappa shape index (κ1) is 16.4. The van der Waals surface area contributed by atoms with Crippen LogP contribution in [0.5, 0.6) is 0 Å². The number of hydrogen-bond donors (Lipinski definition) is 1. The van der Waals surface area contributed by atoms with Crippen molar-refractivity contribution in [1.82, 2.24) is 0 Å². The number of carbonyl (C=O) groups is 3. The van der Waals surface area contributed by atoms with Crippen LogP contribution in [0.2, 0.25) is 0 Å². The second-order valence-corrected chi connectivity index (χ2v) is 6.66. The monoisotopic (exact) mass is 386 g/mol. The molecule has 24 heavy (non-hydrogen) atoms. The predicted octanol–water partition coefficient (Wildman–Crippen LogP) is 3.23. The van der Waals surface area contributed by atoms with E-state index in [0.29, 0.717) is 21.4 Å². The lowest BCUT2D eigenvalue weighted by Crippen LogP contribution is -2.37. The Morgan fingerprint density at radius 2 is 1.88 bits per heavy atom. The zero-order valence-corrected chi connectivity index (χ0v) is 14.8. The molecule has 6 heteroatoms. The quantitative estimate of drug-likeness (QED) is 0.823. The Labute approximate surface area is 147 Å². The number of ketones is 1. The average molecular weight is 387 g/mol. The highest BCUT2D eigenvalue weighted by molar-refractivity contribution is 9.10. The van der Waals surface area contributed by atoms with Gasteiger partial charge in [-0.2, -0.15) is 0 Å². The van der Waals surface area contributed by atoms with Crippen molar-refractivity contribution in [2.45, 2.75) is 13.8 Å². The van der Waals surface area contributed by atoms with E-state index in [1.165, 1.54) is 4.90 Å². The summed E-state index contributed by atoms with van der Waals surface area (Å²) in [6.45, 7) is 3.63. The number of nitrogens with zero attached hydrogens (tertiary/aromatic N) is 1. The third-order valence-electron chi connectivity index (χ3n) is 3.90. The van der Waals surface area contributed by atoms with Gasteiger partial charge in [-0.3, -0.25) is 19.3 Å². The molecule has 0 bridgehead atoms. The molecule has 5 nitrogen and oxygen atoms in total. The smallest absolute Gasteiger partial charge is 0.299 e. The second-order valence-electron chi connectivity index (χ2n) is 5.75. The fourth-order valence-electron chi connectivity index (χ4n) is 2.63. The number of halogens is 1. The lowest BCUT2D eigenvalue weighted by molar-refractivity contribution is -0.118. The summed E-state index contributed by atoms with van der Waals surface area (Å²) >= 11 is 3.28. The van der Waals surface area contributed by atoms with Gasteiger partial charge in [0.25, 0.3) is 11.7 Å². The van der Waals surface area contributed by atoms with E-state index in [2.05, 4.69) is 21.2 Å². The van der Waals surface area contributed by atoms with E-state index in [1.807, 2.05) is 32.0 Å². The Hall–Kier alpha value is -2.47. The van der Waals surface area contributed by atoms with Crippen molar-refractivity contribution in [1.29, 1.82) is 0 Å². The zero-order chi connectivity index (χ0) is 17.4. The van der Waals surface area contributed by atoms with Gasteiger partial charge in [-0.1, -0.05) is 28.1 Å². The highest BCUT2D eigenvalue weighted by Gasteiger charge is 2.36. The van der Waals surface area contributed by atoms with Gasteiger partial charge >= 0.3 is 0 Å². The van der Waals surface area contributed by atoms with Crippen LogP contribution >= 0.6 is 15.9 Å². The number of anilines is 2. The number of fused-ring (bicyclic) bond motifs is 1. The summed E-state index contributed by atoms with van der Waals surface area (Å²) < 4.78 is 0.712. The fourth-order valence-corrected chi connectivity index (χ4v) is 2.99. The van der Waals surface area contributed by atoms with Crippen LogP contribution in [0, 0.1) is 13.8 Å². The molecule has 2 amide bonds. The maximum absolute atomic E-state index is 12.3. The average Bonchev–Trinajstić information content (AvgIpc) is 2.76. The second kappa shape index (κ2) is 6.20. The number of Topliss-reactive ketones (excluding diaryl/α,β-unsaturated/α-hetero) is 1. The summed E-state index contributed by atoms with van der Waals surface area (Å²) in [7, 11) is 0. The molecule has 1 N–H and O–H groups in total. The molecule has 0 radical (unpaired) electrons. The van der Waals surface area contributed by atoms with Gasteiger partial charge in [0, 0.05) is 10.2 Å². The highest BCUT2D eigenvalue weighted by Crippen LogP contribution is 2.31. The molecule has 2 aromatic carbocycles. The van der Waals surface area contributed by atoms with E-state index >= 15 is 0 Å². The Kier molecular flexibility index (Phi) is 4.24. The topological polar surface area (TPSA) is 66.5 Å². The van der Waals surface area contributed by atoms with Crippen molar-refractivity contribution in [2.75, 3.05) is 16.8 Å². The zero-order valence-electron chi connectivity index (χ0n) is 13.2.